The maximum absolute atomic E-state index is 12.9. The average Bonchev–Trinajstić information content (AvgIpc) is 2.80. The maximum atomic E-state index is 12.9. The van der Waals surface area contributed by atoms with Crippen LogP contribution in [0, 0.1) is 0 Å². The van der Waals surface area contributed by atoms with Crippen LogP contribution in [0.25, 0.3) is 0 Å². The zero-order valence-corrected chi connectivity index (χ0v) is 17.2. The van der Waals surface area contributed by atoms with Gasteiger partial charge in [0.15, 0.2) is 6.61 Å². The molecule has 0 aliphatic heterocycles. The Hall–Kier alpha value is -3.93. The summed E-state index contributed by atoms with van der Waals surface area (Å²) in [6.07, 6.45) is 1.56. The monoisotopic (exact) mass is 416 g/mol. The second-order valence-electron chi connectivity index (χ2n) is 6.65. The van der Waals surface area contributed by atoms with E-state index in [1.165, 1.54) is 0 Å². The minimum absolute atomic E-state index is 0.141. The molecular weight excluding hydrogens is 392 g/mol. The molecule has 6 nitrogen and oxygen atoms in total. The molecule has 0 atom stereocenters. The van der Waals surface area contributed by atoms with Crippen molar-refractivity contribution in [1.82, 2.24) is 5.43 Å². The SMILES string of the molecule is CCOC(=O)COc1ccc(/C=N/NC(=O)C(c2ccccc2)c2ccccc2)cc1. The summed E-state index contributed by atoms with van der Waals surface area (Å²) in [6.45, 7) is 1.92. The van der Waals surface area contributed by atoms with Gasteiger partial charge >= 0.3 is 5.97 Å². The highest BCUT2D eigenvalue weighted by Gasteiger charge is 2.22. The van der Waals surface area contributed by atoms with Gasteiger partial charge in [-0.2, -0.15) is 5.10 Å². The Balaban J connectivity index is 1.62. The molecule has 0 saturated carbocycles. The second kappa shape index (κ2) is 11.3. The lowest BCUT2D eigenvalue weighted by atomic mass is 9.91. The number of rotatable bonds is 9. The van der Waals surface area contributed by atoms with Gasteiger partial charge in [-0.05, 0) is 47.9 Å². The van der Waals surface area contributed by atoms with Crippen LogP contribution in [-0.4, -0.2) is 31.3 Å². The van der Waals surface area contributed by atoms with Crippen molar-refractivity contribution in [3.05, 3.63) is 102 Å². The van der Waals surface area contributed by atoms with Crippen molar-refractivity contribution in [3.63, 3.8) is 0 Å². The van der Waals surface area contributed by atoms with E-state index in [0.29, 0.717) is 12.4 Å². The lowest BCUT2D eigenvalue weighted by Crippen LogP contribution is -2.26. The van der Waals surface area contributed by atoms with Crippen LogP contribution in [0.15, 0.2) is 90.0 Å². The normalized spacial score (nSPS) is 10.8. The molecule has 0 spiro atoms. The van der Waals surface area contributed by atoms with E-state index in [1.54, 1.807) is 37.4 Å². The number of nitrogens with one attached hydrogen (secondary N) is 1. The number of ether oxygens (including phenoxy) is 2. The standard InChI is InChI=1S/C25H24N2O4/c1-2-30-23(28)18-31-22-15-13-19(14-16-22)17-26-27-25(29)24(20-9-5-3-6-10-20)21-11-7-4-8-12-21/h3-17,24H,2,18H2,1H3,(H,27,29)/b26-17+. The van der Waals surface area contributed by atoms with Gasteiger partial charge in [0.05, 0.1) is 18.7 Å². The second-order valence-corrected chi connectivity index (χ2v) is 6.65. The van der Waals surface area contributed by atoms with Gasteiger partial charge in [0.2, 0.25) is 0 Å². The number of hydrogen-bond donors (Lipinski definition) is 1. The predicted octanol–water partition coefficient (Wildman–Crippen LogP) is 3.91. The highest BCUT2D eigenvalue weighted by atomic mass is 16.6. The Morgan fingerprint density at radius 1 is 0.903 bits per heavy atom. The molecule has 0 saturated heterocycles. The van der Waals surface area contributed by atoms with Crippen LogP contribution in [0.4, 0.5) is 0 Å². The van der Waals surface area contributed by atoms with Crippen molar-refractivity contribution in [3.8, 4) is 5.75 Å². The third-order valence-electron chi connectivity index (χ3n) is 4.46. The number of benzene rings is 3. The van der Waals surface area contributed by atoms with Crippen molar-refractivity contribution in [2.75, 3.05) is 13.2 Å². The maximum Gasteiger partial charge on any atom is 0.344 e. The number of esters is 1. The first-order valence-corrected chi connectivity index (χ1v) is 9.98. The minimum Gasteiger partial charge on any atom is -0.482 e. The summed E-state index contributed by atoms with van der Waals surface area (Å²) >= 11 is 0. The zero-order valence-electron chi connectivity index (χ0n) is 17.2. The Morgan fingerprint density at radius 2 is 1.48 bits per heavy atom. The molecule has 3 aromatic rings. The number of amides is 1. The van der Waals surface area contributed by atoms with Crippen LogP contribution in [0.3, 0.4) is 0 Å². The average molecular weight is 416 g/mol. The van der Waals surface area contributed by atoms with E-state index in [9.17, 15) is 9.59 Å². The number of hydrogen-bond acceptors (Lipinski definition) is 5. The van der Waals surface area contributed by atoms with Gasteiger partial charge in [-0.3, -0.25) is 4.79 Å². The van der Waals surface area contributed by atoms with E-state index >= 15 is 0 Å². The summed E-state index contributed by atoms with van der Waals surface area (Å²) in [5.41, 5.74) is 5.20. The highest BCUT2D eigenvalue weighted by Crippen LogP contribution is 2.24. The minimum atomic E-state index is -0.460. The van der Waals surface area contributed by atoms with Gasteiger partial charge in [-0.1, -0.05) is 60.7 Å². The molecule has 6 heteroatoms. The smallest absolute Gasteiger partial charge is 0.344 e. The fourth-order valence-electron chi connectivity index (χ4n) is 3.02. The van der Waals surface area contributed by atoms with E-state index in [1.807, 2.05) is 60.7 Å². The molecule has 0 radical (unpaired) electrons. The molecule has 0 unspecified atom stereocenters. The van der Waals surface area contributed by atoms with Gasteiger partial charge in [0.1, 0.15) is 5.75 Å². The summed E-state index contributed by atoms with van der Waals surface area (Å²) in [5.74, 6) is -0.550. The fraction of sp³-hybridized carbons (Fsp3) is 0.160. The van der Waals surface area contributed by atoms with Crippen LogP contribution < -0.4 is 10.2 Å². The quantitative estimate of drug-likeness (QED) is 0.326. The molecule has 3 aromatic carbocycles. The molecular formula is C25H24N2O4. The van der Waals surface area contributed by atoms with Gasteiger partial charge in [-0.25, -0.2) is 10.2 Å². The lowest BCUT2D eigenvalue weighted by Gasteiger charge is -2.16. The van der Waals surface area contributed by atoms with Crippen molar-refractivity contribution < 1.29 is 19.1 Å². The van der Waals surface area contributed by atoms with Crippen LogP contribution in [0.1, 0.15) is 29.5 Å². The predicted molar refractivity (Wildman–Crippen MR) is 119 cm³/mol. The number of hydrazone groups is 1. The van der Waals surface area contributed by atoms with E-state index in [-0.39, 0.29) is 12.5 Å². The van der Waals surface area contributed by atoms with E-state index < -0.39 is 11.9 Å². The Labute approximate surface area is 181 Å². The highest BCUT2D eigenvalue weighted by molar-refractivity contribution is 5.88. The molecule has 1 N–H and O–H groups in total. The first kappa shape index (κ1) is 21.8. The van der Waals surface area contributed by atoms with E-state index in [0.717, 1.165) is 16.7 Å². The Kier molecular flexibility index (Phi) is 7.94. The molecule has 0 aromatic heterocycles. The molecule has 0 aliphatic carbocycles. The third-order valence-corrected chi connectivity index (χ3v) is 4.46. The topological polar surface area (TPSA) is 77.0 Å². The lowest BCUT2D eigenvalue weighted by molar-refractivity contribution is -0.145. The fourth-order valence-corrected chi connectivity index (χ4v) is 3.02. The van der Waals surface area contributed by atoms with Gasteiger partial charge in [0.25, 0.3) is 5.91 Å². The summed E-state index contributed by atoms with van der Waals surface area (Å²) in [5, 5.41) is 4.10. The van der Waals surface area contributed by atoms with Gasteiger partial charge < -0.3 is 9.47 Å². The first-order valence-electron chi connectivity index (χ1n) is 9.98. The Bertz CT molecular complexity index is 963. The largest absolute Gasteiger partial charge is 0.482 e. The van der Waals surface area contributed by atoms with E-state index in [4.69, 9.17) is 9.47 Å². The summed E-state index contributed by atoms with van der Waals surface area (Å²) in [6, 6.07) is 26.2. The molecule has 31 heavy (non-hydrogen) atoms. The molecule has 3 rings (SSSR count). The van der Waals surface area contributed by atoms with Crippen LogP contribution in [-0.2, 0) is 14.3 Å². The first-order chi connectivity index (χ1) is 15.2. The number of carbonyl (C=O) groups excluding carboxylic acids is 2. The molecule has 0 heterocycles. The van der Waals surface area contributed by atoms with E-state index in [2.05, 4.69) is 10.5 Å². The van der Waals surface area contributed by atoms with Crippen LogP contribution >= 0.6 is 0 Å². The zero-order chi connectivity index (χ0) is 21.9. The van der Waals surface area contributed by atoms with Gasteiger partial charge in [0, 0.05) is 0 Å². The van der Waals surface area contributed by atoms with Crippen molar-refractivity contribution in [2.45, 2.75) is 12.8 Å². The summed E-state index contributed by atoms with van der Waals surface area (Å²) < 4.78 is 10.2. The van der Waals surface area contributed by atoms with Crippen molar-refractivity contribution >= 4 is 18.1 Å². The molecule has 158 valence electrons. The molecule has 0 fully saturated rings. The number of carbonyl (C=O) groups is 2. The Morgan fingerprint density at radius 3 is 2.03 bits per heavy atom. The summed E-state index contributed by atoms with van der Waals surface area (Å²) in [4.78, 5) is 24.2. The van der Waals surface area contributed by atoms with Crippen molar-refractivity contribution in [2.24, 2.45) is 5.10 Å². The third kappa shape index (κ3) is 6.54. The molecule has 0 bridgehead atoms. The molecule has 1 amide bonds. The van der Waals surface area contributed by atoms with Crippen LogP contribution in [0.5, 0.6) is 5.75 Å². The van der Waals surface area contributed by atoms with Crippen LogP contribution in [0.2, 0.25) is 0 Å². The van der Waals surface area contributed by atoms with Crippen molar-refractivity contribution in [1.29, 1.82) is 0 Å². The number of nitrogens with zero attached hydrogens (tertiary/aromatic N) is 1. The van der Waals surface area contributed by atoms with Gasteiger partial charge in [-0.15, -0.1) is 0 Å². The summed E-state index contributed by atoms with van der Waals surface area (Å²) in [7, 11) is 0. The molecule has 0 aliphatic rings.